The molecule has 0 saturated heterocycles. The van der Waals surface area contributed by atoms with E-state index in [1.807, 2.05) is 0 Å². The molecule has 2 rings (SSSR count). The van der Waals surface area contributed by atoms with Crippen molar-refractivity contribution in [1.82, 2.24) is 0 Å². The number of halogens is 1. The molecular formula is C17H20FNO. The van der Waals surface area contributed by atoms with Gasteiger partial charge in [-0.2, -0.15) is 0 Å². The van der Waals surface area contributed by atoms with Crippen molar-refractivity contribution in [3.63, 3.8) is 0 Å². The summed E-state index contributed by atoms with van der Waals surface area (Å²) in [4.78, 5) is 0. The SMILES string of the molecule is Cc1ccc(NCCC(O)c2ccc(F)cc2)c(C)c1. The fourth-order valence-corrected chi connectivity index (χ4v) is 2.21. The Hall–Kier alpha value is -1.87. The molecule has 0 amide bonds. The molecule has 0 aliphatic rings. The molecule has 1 atom stereocenters. The van der Waals surface area contributed by atoms with Crippen molar-refractivity contribution >= 4 is 5.69 Å². The zero-order valence-electron chi connectivity index (χ0n) is 11.9. The number of anilines is 1. The Balaban J connectivity index is 1.87. The number of rotatable bonds is 5. The predicted octanol–water partition coefficient (Wildman–Crippen LogP) is 3.98. The molecule has 2 nitrogen and oxygen atoms in total. The average molecular weight is 273 g/mol. The highest BCUT2D eigenvalue weighted by molar-refractivity contribution is 5.51. The van der Waals surface area contributed by atoms with Crippen molar-refractivity contribution in [2.24, 2.45) is 0 Å². The van der Waals surface area contributed by atoms with Gasteiger partial charge in [0, 0.05) is 12.2 Å². The fraction of sp³-hybridized carbons (Fsp3) is 0.294. The average Bonchev–Trinajstić information content (AvgIpc) is 2.42. The summed E-state index contributed by atoms with van der Waals surface area (Å²) in [5.74, 6) is -0.283. The highest BCUT2D eigenvalue weighted by Gasteiger charge is 2.07. The lowest BCUT2D eigenvalue weighted by molar-refractivity contribution is 0.171. The minimum atomic E-state index is -0.575. The summed E-state index contributed by atoms with van der Waals surface area (Å²) in [5, 5.41) is 13.4. The number of hydrogen-bond acceptors (Lipinski definition) is 2. The van der Waals surface area contributed by atoms with Gasteiger partial charge in [-0.3, -0.25) is 0 Å². The highest BCUT2D eigenvalue weighted by Crippen LogP contribution is 2.19. The Morgan fingerprint density at radius 1 is 1.10 bits per heavy atom. The molecule has 3 heteroatoms. The molecule has 0 aromatic heterocycles. The Labute approximate surface area is 119 Å². The summed E-state index contributed by atoms with van der Waals surface area (Å²) in [6.07, 6.45) is 0.00716. The van der Waals surface area contributed by atoms with E-state index in [2.05, 4.69) is 37.4 Å². The van der Waals surface area contributed by atoms with E-state index in [1.165, 1.54) is 23.3 Å². The van der Waals surface area contributed by atoms with Crippen LogP contribution in [0.15, 0.2) is 42.5 Å². The largest absolute Gasteiger partial charge is 0.388 e. The smallest absolute Gasteiger partial charge is 0.123 e. The first kappa shape index (κ1) is 14.5. The minimum absolute atomic E-state index is 0.283. The van der Waals surface area contributed by atoms with Crippen molar-refractivity contribution in [3.05, 3.63) is 65.0 Å². The van der Waals surface area contributed by atoms with E-state index in [0.717, 1.165) is 11.3 Å². The molecule has 0 spiro atoms. The number of aliphatic hydroxyl groups is 1. The summed E-state index contributed by atoms with van der Waals surface area (Å²) in [6.45, 7) is 4.79. The third kappa shape index (κ3) is 3.81. The molecule has 0 aliphatic carbocycles. The molecule has 20 heavy (non-hydrogen) atoms. The summed E-state index contributed by atoms with van der Waals surface area (Å²) in [6, 6.07) is 12.2. The molecule has 0 heterocycles. The number of nitrogens with one attached hydrogen (secondary N) is 1. The van der Waals surface area contributed by atoms with Gasteiger partial charge in [0.2, 0.25) is 0 Å². The van der Waals surface area contributed by atoms with E-state index in [-0.39, 0.29) is 5.82 Å². The van der Waals surface area contributed by atoms with Crippen LogP contribution in [0.2, 0.25) is 0 Å². The van der Waals surface area contributed by atoms with Gasteiger partial charge in [-0.1, -0.05) is 29.8 Å². The summed E-state index contributed by atoms with van der Waals surface area (Å²) in [7, 11) is 0. The maximum Gasteiger partial charge on any atom is 0.123 e. The second kappa shape index (κ2) is 6.53. The van der Waals surface area contributed by atoms with Gasteiger partial charge in [-0.15, -0.1) is 0 Å². The van der Waals surface area contributed by atoms with Gasteiger partial charge >= 0.3 is 0 Å². The van der Waals surface area contributed by atoms with Crippen molar-refractivity contribution in [2.75, 3.05) is 11.9 Å². The summed E-state index contributed by atoms with van der Waals surface area (Å²) in [5.41, 5.74) is 4.26. The lowest BCUT2D eigenvalue weighted by Crippen LogP contribution is -2.08. The molecule has 1 unspecified atom stereocenters. The molecule has 2 aromatic rings. The number of hydrogen-bond donors (Lipinski definition) is 2. The molecule has 0 aliphatic heterocycles. The maximum absolute atomic E-state index is 12.8. The second-order valence-electron chi connectivity index (χ2n) is 5.10. The predicted molar refractivity (Wildman–Crippen MR) is 80.4 cm³/mol. The molecule has 0 radical (unpaired) electrons. The standard InChI is InChI=1S/C17H20FNO/c1-12-3-8-16(13(2)11-12)19-10-9-17(20)14-4-6-15(18)7-5-14/h3-8,11,17,19-20H,9-10H2,1-2H3. The van der Waals surface area contributed by atoms with E-state index < -0.39 is 6.10 Å². The monoisotopic (exact) mass is 273 g/mol. The molecule has 106 valence electrons. The topological polar surface area (TPSA) is 32.3 Å². The molecule has 2 aromatic carbocycles. The zero-order valence-corrected chi connectivity index (χ0v) is 11.9. The lowest BCUT2D eigenvalue weighted by Gasteiger charge is -2.14. The van der Waals surface area contributed by atoms with Crippen molar-refractivity contribution in [1.29, 1.82) is 0 Å². The van der Waals surface area contributed by atoms with E-state index >= 15 is 0 Å². The Bertz CT molecular complexity index is 566. The summed E-state index contributed by atoms with van der Waals surface area (Å²) >= 11 is 0. The van der Waals surface area contributed by atoms with Gasteiger partial charge < -0.3 is 10.4 Å². The molecule has 0 bridgehead atoms. The molecule has 0 fully saturated rings. The second-order valence-corrected chi connectivity index (χ2v) is 5.10. The number of aryl methyl sites for hydroxylation is 2. The van der Waals surface area contributed by atoms with Crippen LogP contribution in [0.3, 0.4) is 0 Å². The van der Waals surface area contributed by atoms with E-state index in [0.29, 0.717) is 13.0 Å². The van der Waals surface area contributed by atoms with Crippen molar-refractivity contribution < 1.29 is 9.50 Å². The van der Waals surface area contributed by atoms with Crippen molar-refractivity contribution in [3.8, 4) is 0 Å². The normalized spacial score (nSPS) is 12.2. The van der Waals surface area contributed by atoms with Gasteiger partial charge in [-0.25, -0.2) is 4.39 Å². The fourth-order valence-electron chi connectivity index (χ4n) is 2.21. The lowest BCUT2D eigenvalue weighted by atomic mass is 10.1. The van der Waals surface area contributed by atoms with Gasteiger partial charge in [-0.05, 0) is 49.6 Å². The van der Waals surface area contributed by atoms with E-state index in [1.54, 1.807) is 12.1 Å². The van der Waals surface area contributed by atoms with Gasteiger partial charge in [0.15, 0.2) is 0 Å². The third-order valence-electron chi connectivity index (χ3n) is 3.37. The highest BCUT2D eigenvalue weighted by atomic mass is 19.1. The first-order valence-electron chi connectivity index (χ1n) is 6.81. The quantitative estimate of drug-likeness (QED) is 0.863. The number of benzene rings is 2. The van der Waals surface area contributed by atoms with E-state index in [4.69, 9.17) is 0 Å². The van der Waals surface area contributed by atoms with E-state index in [9.17, 15) is 9.50 Å². The van der Waals surface area contributed by atoms with Crippen LogP contribution < -0.4 is 5.32 Å². The third-order valence-corrected chi connectivity index (χ3v) is 3.37. The number of aliphatic hydroxyl groups excluding tert-OH is 1. The van der Waals surface area contributed by atoms with Crippen LogP contribution in [-0.2, 0) is 0 Å². The Kier molecular flexibility index (Phi) is 4.74. The Morgan fingerprint density at radius 2 is 1.80 bits per heavy atom. The van der Waals surface area contributed by atoms with Crippen LogP contribution >= 0.6 is 0 Å². The molecule has 0 saturated carbocycles. The minimum Gasteiger partial charge on any atom is -0.388 e. The van der Waals surface area contributed by atoms with Gasteiger partial charge in [0.25, 0.3) is 0 Å². The van der Waals surface area contributed by atoms with Gasteiger partial charge in [0.1, 0.15) is 5.82 Å². The van der Waals surface area contributed by atoms with Crippen LogP contribution in [0.25, 0.3) is 0 Å². The van der Waals surface area contributed by atoms with Crippen LogP contribution in [0.5, 0.6) is 0 Å². The maximum atomic E-state index is 12.8. The first-order valence-corrected chi connectivity index (χ1v) is 6.81. The molecule has 2 N–H and O–H groups in total. The Morgan fingerprint density at radius 3 is 2.45 bits per heavy atom. The van der Waals surface area contributed by atoms with Crippen LogP contribution in [0.4, 0.5) is 10.1 Å². The summed E-state index contributed by atoms with van der Waals surface area (Å²) < 4.78 is 12.8. The zero-order chi connectivity index (χ0) is 14.5. The first-order chi connectivity index (χ1) is 9.56. The van der Waals surface area contributed by atoms with Crippen molar-refractivity contribution in [2.45, 2.75) is 26.4 Å². The van der Waals surface area contributed by atoms with Gasteiger partial charge in [0.05, 0.1) is 6.10 Å². The van der Waals surface area contributed by atoms with Crippen LogP contribution in [-0.4, -0.2) is 11.7 Å². The van der Waals surface area contributed by atoms with Crippen LogP contribution in [0, 0.1) is 19.7 Å². The molecular weight excluding hydrogens is 253 g/mol. The van der Waals surface area contributed by atoms with Crippen LogP contribution in [0.1, 0.15) is 29.2 Å².